The zero-order valence-electron chi connectivity index (χ0n) is 13.4. The van der Waals surface area contributed by atoms with Gasteiger partial charge in [-0.2, -0.15) is 0 Å². The number of aliphatic hydroxyl groups is 1. The van der Waals surface area contributed by atoms with Gasteiger partial charge in [-0.05, 0) is 32.6 Å². The van der Waals surface area contributed by atoms with Crippen LogP contribution in [0.3, 0.4) is 0 Å². The van der Waals surface area contributed by atoms with E-state index in [-0.39, 0.29) is 0 Å². The lowest BCUT2D eigenvalue weighted by Crippen LogP contribution is -2.33. The van der Waals surface area contributed by atoms with Crippen molar-refractivity contribution < 1.29 is 5.11 Å². The van der Waals surface area contributed by atoms with Crippen LogP contribution < -0.4 is 10.6 Å². The maximum Gasteiger partial charge on any atom is 0.136 e. The van der Waals surface area contributed by atoms with E-state index in [2.05, 4.69) is 34.4 Å². The molecule has 5 nitrogen and oxygen atoms in total. The maximum atomic E-state index is 10.3. The first-order chi connectivity index (χ1) is 10.0. The second-order valence-electron chi connectivity index (χ2n) is 6.30. The highest BCUT2D eigenvalue weighted by Crippen LogP contribution is 2.38. The van der Waals surface area contributed by atoms with Gasteiger partial charge in [0, 0.05) is 25.1 Å². The number of hydrogen-bond acceptors (Lipinski definition) is 5. The predicted octanol–water partition coefficient (Wildman–Crippen LogP) is 3.14. The summed E-state index contributed by atoms with van der Waals surface area (Å²) < 4.78 is 0. The van der Waals surface area contributed by atoms with Crippen molar-refractivity contribution in [1.82, 2.24) is 9.97 Å². The van der Waals surface area contributed by atoms with E-state index in [1.54, 1.807) is 0 Å². The van der Waals surface area contributed by atoms with E-state index < -0.39 is 5.60 Å². The van der Waals surface area contributed by atoms with Crippen LogP contribution in [0.5, 0.6) is 0 Å². The van der Waals surface area contributed by atoms with Gasteiger partial charge in [0.25, 0.3) is 0 Å². The molecule has 1 fully saturated rings. The van der Waals surface area contributed by atoms with Crippen molar-refractivity contribution in [2.24, 2.45) is 0 Å². The molecule has 1 saturated carbocycles. The first-order valence-electron chi connectivity index (χ1n) is 8.13. The normalized spacial score (nSPS) is 17.3. The van der Waals surface area contributed by atoms with Crippen LogP contribution in [0, 0.1) is 0 Å². The van der Waals surface area contributed by atoms with Gasteiger partial charge in [-0.1, -0.05) is 20.3 Å². The monoisotopic (exact) mass is 292 g/mol. The molecule has 0 aromatic carbocycles. The topological polar surface area (TPSA) is 70.1 Å². The summed E-state index contributed by atoms with van der Waals surface area (Å²) in [5.41, 5.74) is -0.698. The van der Waals surface area contributed by atoms with Gasteiger partial charge in [0.1, 0.15) is 17.5 Å². The van der Waals surface area contributed by atoms with E-state index in [0.29, 0.717) is 12.5 Å². The van der Waals surface area contributed by atoms with E-state index in [4.69, 9.17) is 0 Å². The molecule has 21 heavy (non-hydrogen) atoms. The number of hydrogen-bond donors (Lipinski definition) is 3. The summed E-state index contributed by atoms with van der Waals surface area (Å²) in [4.78, 5) is 9.18. The summed E-state index contributed by atoms with van der Waals surface area (Å²) in [6.07, 6.45) is 5.18. The van der Waals surface area contributed by atoms with Crippen molar-refractivity contribution in [1.29, 1.82) is 0 Å². The Hall–Kier alpha value is -1.36. The van der Waals surface area contributed by atoms with Crippen molar-refractivity contribution in [3.05, 3.63) is 11.9 Å². The zero-order valence-corrected chi connectivity index (χ0v) is 13.4. The predicted molar refractivity (Wildman–Crippen MR) is 86.8 cm³/mol. The average molecular weight is 292 g/mol. The van der Waals surface area contributed by atoms with Crippen LogP contribution >= 0.6 is 0 Å². The third-order valence-corrected chi connectivity index (χ3v) is 3.68. The molecule has 5 heteroatoms. The summed E-state index contributed by atoms with van der Waals surface area (Å²) in [7, 11) is 0. The lowest BCUT2D eigenvalue weighted by atomic mass is 10.0. The minimum absolute atomic E-state index is 0.509. The number of aromatic nitrogens is 2. The number of nitrogens with zero attached hydrogens (tertiary/aromatic N) is 2. The molecule has 118 valence electrons. The molecule has 1 aromatic rings. The van der Waals surface area contributed by atoms with Gasteiger partial charge in [0.15, 0.2) is 0 Å². The fourth-order valence-electron chi connectivity index (χ4n) is 2.33. The van der Waals surface area contributed by atoms with E-state index >= 15 is 0 Å². The van der Waals surface area contributed by atoms with E-state index in [0.717, 1.165) is 43.3 Å². The van der Waals surface area contributed by atoms with Gasteiger partial charge in [0.05, 0.1) is 5.60 Å². The highest BCUT2D eigenvalue weighted by atomic mass is 16.3. The Labute approximate surface area is 127 Å². The smallest absolute Gasteiger partial charge is 0.136 e. The molecule has 1 atom stereocenters. The molecule has 0 saturated heterocycles. The average Bonchev–Trinajstić information content (AvgIpc) is 3.27. The van der Waals surface area contributed by atoms with Crippen LogP contribution in [0.1, 0.15) is 64.6 Å². The van der Waals surface area contributed by atoms with Crippen molar-refractivity contribution >= 4 is 11.6 Å². The third-order valence-electron chi connectivity index (χ3n) is 3.68. The van der Waals surface area contributed by atoms with Crippen LogP contribution in [-0.4, -0.2) is 33.8 Å². The summed E-state index contributed by atoms with van der Waals surface area (Å²) in [6, 6.07) is 1.93. The molecule has 0 amide bonds. The lowest BCUT2D eigenvalue weighted by Gasteiger charge is -2.23. The SMILES string of the molecule is CCCNc1cc(NCC(C)(O)CCC)nc(C2CC2)n1. The van der Waals surface area contributed by atoms with Crippen molar-refractivity contribution in [2.75, 3.05) is 23.7 Å². The Balaban J connectivity index is 2.04. The highest BCUT2D eigenvalue weighted by Gasteiger charge is 2.27. The van der Waals surface area contributed by atoms with Crippen LogP contribution in [-0.2, 0) is 0 Å². The van der Waals surface area contributed by atoms with Crippen LogP contribution in [0.4, 0.5) is 11.6 Å². The molecular weight excluding hydrogens is 264 g/mol. The Kier molecular flexibility index (Phi) is 5.39. The van der Waals surface area contributed by atoms with Gasteiger partial charge in [-0.15, -0.1) is 0 Å². The molecule has 1 aliphatic carbocycles. The summed E-state index contributed by atoms with van der Waals surface area (Å²) in [6.45, 7) is 7.50. The summed E-state index contributed by atoms with van der Waals surface area (Å²) >= 11 is 0. The first kappa shape index (κ1) is 16.0. The number of rotatable bonds is 9. The maximum absolute atomic E-state index is 10.3. The molecule has 1 aliphatic rings. The van der Waals surface area contributed by atoms with Crippen molar-refractivity contribution in [3.8, 4) is 0 Å². The Morgan fingerprint density at radius 2 is 1.86 bits per heavy atom. The van der Waals surface area contributed by atoms with Gasteiger partial charge < -0.3 is 15.7 Å². The van der Waals surface area contributed by atoms with E-state index in [1.807, 2.05) is 13.0 Å². The Morgan fingerprint density at radius 3 is 2.43 bits per heavy atom. The quantitative estimate of drug-likeness (QED) is 0.652. The molecule has 0 radical (unpaired) electrons. The molecule has 2 rings (SSSR count). The number of nitrogens with one attached hydrogen (secondary N) is 2. The van der Waals surface area contributed by atoms with Crippen LogP contribution in [0.25, 0.3) is 0 Å². The van der Waals surface area contributed by atoms with Gasteiger partial charge in [-0.3, -0.25) is 0 Å². The molecule has 0 bridgehead atoms. The lowest BCUT2D eigenvalue weighted by molar-refractivity contribution is 0.0636. The van der Waals surface area contributed by atoms with E-state index in [9.17, 15) is 5.11 Å². The fraction of sp³-hybridized carbons (Fsp3) is 0.750. The molecule has 0 aliphatic heterocycles. The molecule has 1 aromatic heterocycles. The van der Waals surface area contributed by atoms with Gasteiger partial charge in [-0.25, -0.2) is 9.97 Å². The Bertz CT molecular complexity index is 458. The molecule has 1 heterocycles. The number of anilines is 2. The summed E-state index contributed by atoms with van der Waals surface area (Å²) in [5, 5.41) is 16.9. The van der Waals surface area contributed by atoms with Crippen LogP contribution in [0.15, 0.2) is 6.07 Å². The second kappa shape index (κ2) is 7.07. The molecular formula is C16H28N4O. The van der Waals surface area contributed by atoms with Crippen molar-refractivity contribution in [3.63, 3.8) is 0 Å². The van der Waals surface area contributed by atoms with Gasteiger partial charge >= 0.3 is 0 Å². The van der Waals surface area contributed by atoms with Crippen molar-refractivity contribution in [2.45, 2.75) is 64.4 Å². The molecule has 0 spiro atoms. The third kappa shape index (κ3) is 5.16. The second-order valence-corrected chi connectivity index (χ2v) is 6.30. The molecule has 1 unspecified atom stereocenters. The minimum Gasteiger partial charge on any atom is -0.388 e. The molecule has 3 N–H and O–H groups in total. The van der Waals surface area contributed by atoms with Crippen LogP contribution in [0.2, 0.25) is 0 Å². The van der Waals surface area contributed by atoms with E-state index in [1.165, 1.54) is 12.8 Å². The first-order valence-corrected chi connectivity index (χ1v) is 8.13. The highest BCUT2D eigenvalue weighted by molar-refractivity contribution is 5.48. The Morgan fingerprint density at radius 1 is 1.19 bits per heavy atom. The minimum atomic E-state index is -0.698. The largest absolute Gasteiger partial charge is 0.388 e. The standard InChI is InChI=1S/C16H28N4O/c1-4-8-16(3,21)11-18-14-10-13(17-9-5-2)19-15(20-14)12-6-7-12/h10,12,21H,4-9,11H2,1-3H3,(H2,17,18,19,20). The van der Waals surface area contributed by atoms with Gasteiger partial charge in [0.2, 0.25) is 0 Å². The zero-order chi connectivity index (χ0) is 15.3. The fourth-order valence-corrected chi connectivity index (χ4v) is 2.33. The summed E-state index contributed by atoms with van der Waals surface area (Å²) in [5.74, 6) is 3.13.